The van der Waals surface area contributed by atoms with Gasteiger partial charge in [-0.3, -0.25) is 4.79 Å². The van der Waals surface area contributed by atoms with Crippen LogP contribution >= 0.6 is 12.4 Å². The number of carbonyl (C=O) groups is 1. The molecule has 0 saturated heterocycles. The summed E-state index contributed by atoms with van der Waals surface area (Å²) in [6, 6.07) is 3.86. The van der Waals surface area contributed by atoms with Crippen molar-refractivity contribution in [2.24, 2.45) is 0 Å². The number of nitrogens with zero attached hydrogens (tertiary/aromatic N) is 2. The Labute approximate surface area is 118 Å². The summed E-state index contributed by atoms with van der Waals surface area (Å²) in [6.07, 6.45) is 4.01. The Morgan fingerprint density at radius 1 is 1.53 bits per heavy atom. The first-order chi connectivity index (χ1) is 8.72. The number of pyridine rings is 1. The van der Waals surface area contributed by atoms with Crippen molar-refractivity contribution in [2.45, 2.75) is 6.42 Å². The third-order valence-corrected chi connectivity index (χ3v) is 3.00. The number of fused-ring (bicyclic) bond motifs is 1. The average Bonchev–Trinajstić information content (AvgIpc) is 2.79. The fourth-order valence-electron chi connectivity index (χ4n) is 1.86. The van der Waals surface area contributed by atoms with Crippen LogP contribution in [0.3, 0.4) is 0 Å². The van der Waals surface area contributed by atoms with Crippen molar-refractivity contribution in [3.63, 3.8) is 0 Å². The van der Waals surface area contributed by atoms with Crippen molar-refractivity contribution in [3.05, 3.63) is 30.1 Å². The lowest BCUT2D eigenvalue weighted by molar-refractivity contribution is -0.129. The minimum atomic E-state index is 0. The Bertz CT molecular complexity index is 540. The average molecular weight is 283 g/mol. The van der Waals surface area contributed by atoms with Gasteiger partial charge in [-0.05, 0) is 24.7 Å². The molecule has 104 valence electrons. The third kappa shape index (κ3) is 3.68. The molecule has 2 aromatic rings. The molecule has 0 spiro atoms. The lowest BCUT2D eigenvalue weighted by Gasteiger charge is -2.16. The predicted octanol–water partition coefficient (Wildman–Crippen LogP) is 1.20. The van der Waals surface area contributed by atoms with Gasteiger partial charge < -0.3 is 15.2 Å². The number of aromatic amines is 1. The van der Waals surface area contributed by atoms with E-state index in [4.69, 9.17) is 0 Å². The van der Waals surface area contributed by atoms with E-state index in [1.54, 1.807) is 11.1 Å². The molecule has 0 saturated carbocycles. The van der Waals surface area contributed by atoms with E-state index in [1.807, 2.05) is 32.4 Å². The number of hydrogen-bond donors (Lipinski definition) is 2. The van der Waals surface area contributed by atoms with Crippen LogP contribution in [0.5, 0.6) is 0 Å². The predicted molar refractivity (Wildman–Crippen MR) is 78.6 cm³/mol. The fourth-order valence-corrected chi connectivity index (χ4v) is 1.86. The monoisotopic (exact) mass is 282 g/mol. The fraction of sp³-hybridized carbons (Fsp3) is 0.385. The van der Waals surface area contributed by atoms with Crippen molar-refractivity contribution < 1.29 is 4.79 Å². The molecule has 2 rings (SSSR count). The van der Waals surface area contributed by atoms with Gasteiger partial charge in [0, 0.05) is 37.9 Å². The lowest BCUT2D eigenvalue weighted by atomic mass is 10.1. The van der Waals surface area contributed by atoms with Crippen LogP contribution in [0.25, 0.3) is 11.0 Å². The number of carbonyl (C=O) groups excluding carboxylic acids is 1. The minimum Gasteiger partial charge on any atom is -0.346 e. The SMILES string of the molecule is CNCCN(C)C(=O)Cc1c[nH]c2ncccc12.Cl. The highest BCUT2D eigenvalue weighted by atomic mass is 35.5. The summed E-state index contributed by atoms with van der Waals surface area (Å²) >= 11 is 0. The second-order valence-corrected chi connectivity index (χ2v) is 4.31. The number of nitrogens with one attached hydrogen (secondary N) is 2. The number of H-pyrrole nitrogens is 1. The number of hydrogen-bond acceptors (Lipinski definition) is 3. The number of rotatable bonds is 5. The van der Waals surface area contributed by atoms with Crippen molar-refractivity contribution >= 4 is 29.3 Å². The van der Waals surface area contributed by atoms with E-state index in [1.165, 1.54) is 0 Å². The molecule has 0 aliphatic heterocycles. The summed E-state index contributed by atoms with van der Waals surface area (Å²) in [5.41, 5.74) is 1.83. The minimum absolute atomic E-state index is 0. The van der Waals surface area contributed by atoms with E-state index in [9.17, 15) is 4.79 Å². The smallest absolute Gasteiger partial charge is 0.226 e. The summed E-state index contributed by atoms with van der Waals surface area (Å²) in [5.74, 6) is 0.120. The van der Waals surface area contributed by atoms with Crippen molar-refractivity contribution in [3.8, 4) is 0 Å². The Morgan fingerprint density at radius 3 is 3.05 bits per heavy atom. The number of likely N-dealkylation sites (N-methyl/N-ethyl adjacent to an activating group) is 2. The molecular formula is C13H19ClN4O. The molecule has 2 N–H and O–H groups in total. The van der Waals surface area contributed by atoms with E-state index in [2.05, 4.69) is 15.3 Å². The van der Waals surface area contributed by atoms with Gasteiger partial charge in [-0.1, -0.05) is 0 Å². The van der Waals surface area contributed by atoms with E-state index in [-0.39, 0.29) is 18.3 Å². The second-order valence-electron chi connectivity index (χ2n) is 4.31. The van der Waals surface area contributed by atoms with Gasteiger partial charge in [-0.2, -0.15) is 0 Å². The van der Waals surface area contributed by atoms with Crippen molar-refractivity contribution in [2.75, 3.05) is 27.2 Å². The molecule has 0 atom stereocenters. The quantitative estimate of drug-likeness (QED) is 0.866. The molecule has 19 heavy (non-hydrogen) atoms. The van der Waals surface area contributed by atoms with Gasteiger partial charge in [0.1, 0.15) is 5.65 Å². The normalized spacial score (nSPS) is 10.2. The highest BCUT2D eigenvalue weighted by molar-refractivity contribution is 5.87. The molecule has 0 unspecified atom stereocenters. The Balaban J connectivity index is 0.00000180. The Kier molecular flexibility index (Phi) is 5.79. The van der Waals surface area contributed by atoms with Crippen LogP contribution in [0.1, 0.15) is 5.56 Å². The van der Waals surface area contributed by atoms with Gasteiger partial charge >= 0.3 is 0 Å². The third-order valence-electron chi connectivity index (χ3n) is 3.00. The summed E-state index contributed by atoms with van der Waals surface area (Å²) in [7, 11) is 3.70. The van der Waals surface area contributed by atoms with Crippen LogP contribution in [0.2, 0.25) is 0 Å². The van der Waals surface area contributed by atoms with Gasteiger partial charge in [-0.25, -0.2) is 4.98 Å². The molecule has 0 aliphatic rings. The number of aromatic nitrogens is 2. The zero-order valence-electron chi connectivity index (χ0n) is 11.1. The van der Waals surface area contributed by atoms with Crippen molar-refractivity contribution in [1.29, 1.82) is 0 Å². The standard InChI is InChI=1S/C13H18N4O.ClH/c1-14-6-7-17(2)12(18)8-10-9-16-13-11(10)4-3-5-15-13;/h3-5,9,14H,6-8H2,1-2H3,(H,15,16);1H. The van der Waals surface area contributed by atoms with Crippen molar-refractivity contribution in [1.82, 2.24) is 20.2 Å². The zero-order chi connectivity index (χ0) is 13.0. The lowest BCUT2D eigenvalue weighted by Crippen LogP contribution is -2.33. The van der Waals surface area contributed by atoms with Crippen LogP contribution in [0.15, 0.2) is 24.5 Å². The molecule has 5 nitrogen and oxygen atoms in total. The van der Waals surface area contributed by atoms with Crippen LogP contribution in [-0.4, -0.2) is 48.0 Å². The second kappa shape index (κ2) is 7.11. The molecule has 6 heteroatoms. The molecule has 0 fully saturated rings. The molecule has 0 aromatic carbocycles. The molecule has 0 aliphatic carbocycles. The Morgan fingerprint density at radius 2 is 2.32 bits per heavy atom. The first kappa shape index (κ1) is 15.5. The first-order valence-electron chi connectivity index (χ1n) is 6.02. The molecule has 2 aromatic heterocycles. The highest BCUT2D eigenvalue weighted by Gasteiger charge is 2.12. The summed E-state index contributed by atoms with van der Waals surface area (Å²) < 4.78 is 0. The maximum atomic E-state index is 12.0. The Hall–Kier alpha value is -1.59. The maximum absolute atomic E-state index is 12.0. The van der Waals surface area contributed by atoms with Crippen LogP contribution < -0.4 is 5.32 Å². The van der Waals surface area contributed by atoms with Gasteiger partial charge in [-0.15, -0.1) is 12.4 Å². The van der Waals surface area contributed by atoms with Gasteiger partial charge in [0.2, 0.25) is 5.91 Å². The van der Waals surface area contributed by atoms with E-state index >= 15 is 0 Å². The van der Waals surface area contributed by atoms with Gasteiger partial charge in [0.05, 0.1) is 6.42 Å². The molecule has 1 amide bonds. The largest absolute Gasteiger partial charge is 0.346 e. The van der Waals surface area contributed by atoms with Crippen LogP contribution in [-0.2, 0) is 11.2 Å². The van der Waals surface area contributed by atoms with Gasteiger partial charge in [0.25, 0.3) is 0 Å². The van der Waals surface area contributed by atoms with Crippen LogP contribution in [0, 0.1) is 0 Å². The summed E-state index contributed by atoms with van der Waals surface area (Å²) in [6.45, 7) is 1.52. The molecule has 0 radical (unpaired) electrons. The zero-order valence-corrected chi connectivity index (χ0v) is 12.0. The van der Waals surface area contributed by atoms with Gasteiger partial charge in [0.15, 0.2) is 0 Å². The van der Waals surface area contributed by atoms with Crippen LogP contribution in [0.4, 0.5) is 0 Å². The van der Waals surface area contributed by atoms with E-state index < -0.39 is 0 Å². The molecule has 2 heterocycles. The first-order valence-corrected chi connectivity index (χ1v) is 6.02. The number of halogens is 1. The maximum Gasteiger partial charge on any atom is 0.226 e. The van der Waals surface area contributed by atoms with E-state index in [0.717, 1.165) is 29.7 Å². The topological polar surface area (TPSA) is 61.0 Å². The summed E-state index contributed by atoms with van der Waals surface area (Å²) in [5, 5.41) is 4.05. The summed E-state index contributed by atoms with van der Waals surface area (Å²) in [4.78, 5) is 21.1. The number of amides is 1. The van der Waals surface area contributed by atoms with E-state index in [0.29, 0.717) is 6.42 Å². The molecule has 0 bridgehead atoms. The molecular weight excluding hydrogens is 264 g/mol. The highest BCUT2D eigenvalue weighted by Crippen LogP contribution is 2.16.